The van der Waals surface area contributed by atoms with Crippen molar-refractivity contribution < 1.29 is 13.9 Å². The monoisotopic (exact) mass is 336 g/mol. The van der Waals surface area contributed by atoms with Crippen LogP contribution >= 0.6 is 0 Å². The summed E-state index contributed by atoms with van der Waals surface area (Å²) in [6, 6.07) is 2.64. The van der Waals surface area contributed by atoms with Crippen LogP contribution in [-0.4, -0.2) is 5.11 Å². The van der Waals surface area contributed by atoms with Gasteiger partial charge in [-0.3, -0.25) is 0 Å². The van der Waals surface area contributed by atoms with Crippen molar-refractivity contribution in [3.05, 3.63) is 29.3 Å². The average molecular weight is 336 g/mol. The van der Waals surface area contributed by atoms with E-state index in [1.807, 2.05) is 0 Å². The Balaban J connectivity index is 1.53. The number of hydrogen-bond donors (Lipinski definition) is 1. The smallest absolute Gasteiger partial charge is 0.187 e. The van der Waals surface area contributed by atoms with Crippen LogP contribution in [0.25, 0.3) is 0 Å². The van der Waals surface area contributed by atoms with Crippen LogP contribution in [0, 0.1) is 29.4 Å². The van der Waals surface area contributed by atoms with Crippen LogP contribution in [-0.2, 0) is 0 Å². The third kappa shape index (κ3) is 3.92. The van der Waals surface area contributed by atoms with Gasteiger partial charge in [-0.05, 0) is 79.9 Å². The molecule has 0 atom stereocenters. The molecule has 1 aromatic carbocycles. The van der Waals surface area contributed by atoms with Gasteiger partial charge in [-0.2, -0.15) is 0 Å². The van der Waals surface area contributed by atoms with Crippen molar-refractivity contribution in [1.82, 2.24) is 0 Å². The van der Waals surface area contributed by atoms with Crippen molar-refractivity contribution in [3.63, 3.8) is 0 Å². The van der Waals surface area contributed by atoms with Crippen LogP contribution < -0.4 is 0 Å². The molecule has 0 aromatic heterocycles. The highest BCUT2D eigenvalue weighted by atomic mass is 19.1. The molecule has 3 rings (SSSR count). The standard InChI is InChI=1S/C21H30F2O/c1-2-3-14-4-6-15(7-5-14)16-8-10-17(11-9-16)18-12-19(22)21(24)20(23)13-18/h12-17,24H,2-11H2,1H3. The van der Waals surface area contributed by atoms with E-state index in [0.29, 0.717) is 5.56 Å². The molecule has 0 amide bonds. The summed E-state index contributed by atoms with van der Waals surface area (Å²) in [6.45, 7) is 2.28. The summed E-state index contributed by atoms with van der Waals surface area (Å²) >= 11 is 0. The molecule has 0 aliphatic heterocycles. The van der Waals surface area contributed by atoms with Crippen molar-refractivity contribution in [2.24, 2.45) is 17.8 Å². The fourth-order valence-electron chi connectivity index (χ4n) is 5.10. The molecule has 2 aliphatic rings. The second-order valence-electron chi connectivity index (χ2n) is 8.01. The molecule has 2 aliphatic carbocycles. The van der Waals surface area contributed by atoms with Gasteiger partial charge in [0.25, 0.3) is 0 Å². The molecule has 2 fully saturated rings. The van der Waals surface area contributed by atoms with Gasteiger partial charge < -0.3 is 5.11 Å². The lowest BCUT2D eigenvalue weighted by molar-refractivity contribution is 0.156. The first-order valence-electron chi connectivity index (χ1n) is 9.76. The molecule has 1 nitrogen and oxygen atoms in total. The molecular weight excluding hydrogens is 306 g/mol. The molecule has 1 aromatic rings. The summed E-state index contributed by atoms with van der Waals surface area (Å²) in [6.07, 6.45) is 12.6. The highest BCUT2D eigenvalue weighted by Crippen LogP contribution is 2.44. The van der Waals surface area contributed by atoms with Gasteiger partial charge in [-0.1, -0.05) is 32.6 Å². The Hall–Kier alpha value is -1.12. The van der Waals surface area contributed by atoms with Gasteiger partial charge >= 0.3 is 0 Å². The minimum absolute atomic E-state index is 0.238. The third-order valence-electron chi connectivity index (χ3n) is 6.54. The second-order valence-corrected chi connectivity index (χ2v) is 8.01. The number of benzene rings is 1. The Kier molecular flexibility index (Phi) is 5.78. The lowest BCUT2D eigenvalue weighted by Gasteiger charge is -2.38. The Morgan fingerprint density at radius 3 is 1.88 bits per heavy atom. The predicted molar refractivity (Wildman–Crippen MR) is 93.1 cm³/mol. The quantitative estimate of drug-likeness (QED) is 0.661. The van der Waals surface area contributed by atoms with Crippen LogP contribution in [0.5, 0.6) is 5.75 Å². The lowest BCUT2D eigenvalue weighted by atomic mass is 9.68. The van der Waals surface area contributed by atoms with E-state index in [-0.39, 0.29) is 5.92 Å². The van der Waals surface area contributed by atoms with Gasteiger partial charge in [-0.25, -0.2) is 8.78 Å². The zero-order chi connectivity index (χ0) is 17.1. The maximum atomic E-state index is 13.6. The molecule has 1 N–H and O–H groups in total. The van der Waals surface area contributed by atoms with Gasteiger partial charge in [-0.15, -0.1) is 0 Å². The van der Waals surface area contributed by atoms with E-state index in [1.165, 1.54) is 63.5 Å². The van der Waals surface area contributed by atoms with Crippen molar-refractivity contribution in [2.45, 2.75) is 77.0 Å². The Morgan fingerprint density at radius 2 is 1.38 bits per heavy atom. The molecule has 3 heteroatoms. The number of hydrogen-bond acceptors (Lipinski definition) is 1. The van der Waals surface area contributed by atoms with E-state index in [0.717, 1.165) is 30.6 Å². The molecule has 134 valence electrons. The first-order chi connectivity index (χ1) is 11.6. The van der Waals surface area contributed by atoms with E-state index in [2.05, 4.69) is 6.92 Å². The fourth-order valence-corrected chi connectivity index (χ4v) is 5.10. The summed E-state index contributed by atoms with van der Waals surface area (Å²) in [4.78, 5) is 0. The number of halogens is 2. The molecule has 0 radical (unpaired) electrons. The molecule has 0 bridgehead atoms. The topological polar surface area (TPSA) is 20.2 Å². The number of phenols is 1. The minimum atomic E-state index is -0.851. The molecule has 0 unspecified atom stereocenters. The zero-order valence-corrected chi connectivity index (χ0v) is 14.7. The van der Waals surface area contributed by atoms with Crippen LogP contribution in [0.15, 0.2) is 12.1 Å². The number of rotatable bonds is 4. The summed E-state index contributed by atoms with van der Waals surface area (Å²) in [5, 5.41) is 9.25. The average Bonchev–Trinajstić information content (AvgIpc) is 2.60. The zero-order valence-electron chi connectivity index (χ0n) is 14.7. The Bertz CT molecular complexity index is 518. The van der Waals surface area contributed by atoms with Gasteiger partial charge in [0.2, 0.25) is 0 Å². The summed E-state index contributed by atoms with van der Waals surface area (Å²) in [5.74, 6) is 0.342. The Labute approximate surface area is 144 Å². The maximum Gasteiger partial charge on any atom is 0.187 e. The molecule has 24 heavy (non-hydrogen) atoms. The molecular formula is C21H30F2O. The first-order valence-corrected chi connectivity index (χ1v) is 9.76. The predicted octanol–water partition coefficient (Wildman–Crippen LogP) is 6.55. The minimum Gasteiger partial charge on any atom is -0.503 e. The maximum absolute atomic E-state index is 13.6. The summed E-state index contributed by atoms with van der Waals surface area (Å²) < 4.78 is 27.1. The number of phenolic OH excluding ortho intramolecular Hbond substituents is 1. The van der Waals surface area contributed by atoms with Crippen molar-refractivity contribution in [2.75, 3.05) is 0 Å². The summed E-state index contributed by atoms with van der Waals surface area (Å²) in [5.41, 5.74) is 0.716. The molecule has 2 saturated carbocycles. The Morgan fingerprint density at radius 1 is 0.875 bits per heavy atom. The SMILES string of the molecule is CCCC1CCC(C2CCC(c3cc(F)c(O)c(F)c3)CC2)CC1. The van der Waals surface area contributed by atoms with E-state index >= 15 is 0 Å². The van der Waals surface area contributed by atoms with Crippen LogP contribution in [0.3, 0.4) is 0 Å². The highest BCUT2D eigenvalue weighted by molar-refractivity contribution is 5.32. The highest BCUT2D eigenvalue weighted by Gasteiger charge is 2.31. The van der Waals surface area contributed by atoms with Gasteiger partial charge in [0, 0.05) is 0 Å². The summed E-state index contributed by atoms with van der Waals surface area (Å²) in [7, 11) is 0. The normalized spacial score (nSPS) is 31.1. The van der Waals surface area contributed by atoms with Crippen LogP contribution in [0.2, 0.25) is 0 Å². The largest absolute Gasteiger partial charge is 0.503 e. The van der Waals surface area contributed by atoms with E-state index in [1.54, 1.807) is 0 Å². The molecule has 0 saturated heterocycles. The van der Waals surface area contributed by atoms with E-state index in [9.17, 15) is 13.9 Å². The van der Waals surface area contributed by atoms with Crippen molar-refractivity contribution >= 4 is 0 Å². The van der Waals surface area contributed by atoms with Crippen LogP contribution in [0.4, 0.5) is 8.78 Å². The second kappa shape index (κ2) is 7.84. The number of aromatic hydroxyl groups is 1. The van der Waals surface area contributed by atoms with E-state index in [4.69, 9.17) is 0 Å². The van der Waals surface area contributed by atoms with Gasteiger partial charge in [0.05, 0.1) is 0 Å². The van der Waals surface area contributed by atoms with Gasteiger partial charge in [0.15, 0.2) is 17.4 Å². The van der Waals surface area contributed by atoms with E-state index < -0.39 is 17.4 Å². The fraction of sp³-hybridized carbons (Fsp3) is 0.714. The first kappa shape index (κ1) is 17.7. The van der Waals surface area contributed by atoms with Crippen molar-refractivity contribution in [1.29, 1.82) is 0 Å². The lowest BCUT2D eigenvalue weighted by Crippen LogP contribution is -2.25. The molecule has 0 heterocycles. The molecule has 0 spiro atoms. The third-order valence-corrected chi connectivity index (χ3v) is 6.54. The van der Waals surface area contributed by atoms with Gasteiger partial charge in [0.1, 0.15) is 0 Å². The van der Waals surface area contributed by atoms with Crippen LogP contribution in [0.1, 0.15) is 82.6 Å². The van der Waals surface area contributed by atoms with Crippen molar-refractivity contribution in [3.8, 4) is 5.75 Å².